The Kier molecular flexibility index (Phi) is 2.08. The zero-order valence-corrected chi connectivity index (χ0v) is 9.86. The fourth-order valence-corrected chi connectivity index (χ4v) is 2.92. The van der Waals surface area contributed by atoms with Crippen molar-refractivity contribution in [3.8, 4) is 0 Å². The molecule has 2 aromatic rings. The highest BCUT2D eigenvalue weighted by atomic mass is 127. The molecule has 0 N–H and O–H groups in total. The van der Waals surface area contributed by atoms with Gasteiger partial charge in [-0.05, 0) is 47.9 Å². The van der Waals surface area contributed by atoms with Gasteiger partial charge >= 0.3 is 0 Å². The second-order valence-electron chi connectivity index (χ2n) is 2.76. The molecular formula is C9H8INS. The van der Waals surface area contributed by atoms with E-state index in [4.69, 9.17) is 0 Å². The number of rotatable bonds is 0. The number of thiophene rings is 1. The molecule has 0 amide bonds. The summed E-state index contributed by atoms with van der Waals surface area (Å²) < 4.78 is 2.61. The molecule has 0 saturated carbocycles. The van der Waals surface area contributed by atoms with Gasteiger partial charge < -0.3 is 0 Å². The first kappa shape index (κ1) is 8.44. The van der Waals surface area contributed by atoms with Gasteiger partial charge in [0, 0.05) is 8.96 Å². The average Bonchev–Trinajstić information content (AvgIpc) is 2.48. The number of halogens is 1. The average molecular weight is 289 g/mol. The zero-order valence-electron chi connectivity index (χ0n) is 6.89. The molecule has 0 unspecified atom stereocenters. The van der Waals surface area contributed by atoms with E-state index in [1.807, 2.05) is 0 Å². The molecule has 1 nitrogen and oxygen atoms in total. The number of aryl methyl sites for hydroxylation is 2. The maximum absolute atomic E-state index is 4.48. The lowest BCUT2D eigenvalue weighted by molar-refractivity contribution is 1.14. The summed E-state index contributed by atoms with van der Waals surface area (Å²) in [7, 11) is 0. The SMILES string of the molecule is Cc1nc(C)c2sccc2c1I. The monoisotopic (exact) mass is 289 g/mol. The van der Waals surface area contributed by atoms with E-state index < -0.39 is 0 Å². The van der Waals surface area contributed by atoms with Gasteiger partial charge in [-0.1, -0.05) is 0 Å². The maximum atomic E-state index is 4.48. The number of fused-ring (bicyclic) bond motifs is 1. The molecular weight excluding hydrogens is 281 g/mol. The van der Waals surface area contributed by atoms with E-state index in [0.717, 1.165) is 11.4 Å². The van der Waals surface area contributed by atoms with Crippen molar-refractivity contribution in [1.29, 1.82) is 0 Å². The molecule has 0 aliphatic carbocycles. The third-order valence-corrected chi connectivity index (χ3v) is 4.27. The minimum absolute atomic E-state index is 1.14. The van der Waals surface area contributed by atoms with Gasteiger partial charge in [-0.25, -0.2) is 0 Å². The van der Waals surface area contributed by atoms with Crippen molar-refractivity contribution in [2.75, 3.05) is 0 Å². The molecule has 0 fully saturated rings. The quantitative estimate of drug-likeness (QED) is 0.676. The predicted octanol–water partition coefficient (Wildman–Crippen LogP) is 3.52. The van der Waals surface area contributed by atoms with Crippen LogP contribution < -0.4 is 0 Å². The molecule has 2 rings (SSSR count). The van der Waals surface area contributed by atoms with Crippen molar-refractivity contribution in [1.82, 2.24) is 4.98 Å². The molecule has 0 saturated heterocycles. The van der Waals surface area contributed by atoms with E-state index in [-0.39, 0.29) is 0 Å². The number of nitrogens with zero attached hydrogens (tertiary/aromatic N) is 1. The summed E-state index contributed by atoms with van der Waals surface area (Å²) in [5, 5.41) is 3.48. The van der Waals surface area contributed by atoms with Gasteiger partial charge in [-0.3, -0.25) is 4.98 Å². The van der Waals surface area contributed by atoms with Crippen molar-refractivity contribution in [2.45, 2.75) is 13.8 Å². The minimum Gasteiger partial charge on any atom is -0.256 e. The summed E-state index contributed by atoms with van der Waals surface area (Å²) in [6.07, 6.45) is 0. The van der Waals surface area contributed by atoms with E-state index >= 15 is 0 Å². The Morgan fingerprint density at radius 3 is 2.83 bits per heavy atom. The largest absolute Gasteiger partial charge is 0.256 e. The van der Waals surface area contributed by atoms with Crippen LogP contribution in [0.4, 0.5) is 0 Å². The lowest BCUT2D eigenvalue weighted by atomic mass is 10.2. The summed E-state index contributed by atoms with van der Waals surface area (Å²) in [6, 6.07) is 2.17. The van der Waals surface area contributed by atoms with Crippen LogP contribution >= 0.6 is 33.9 Å². The van der Waals surface area contributed by atoms with Gasteiger partial charge in [0.15, 0.2) is 0 Å². The summed E-state index contributed by atoms with van der Waals surface area (Å²) in [6.45, 7) is 4.13. The zero-order chi connectivity index (χ0) is 8.72. The first-order valence-electron chi connectivity index (χ1n) is 3.70. The van der Waals surface area contributed by atoms with Crippen LogP contribution in [0.5, 0.6) is 0 Å². The van der Waals surface area contributed by atoms with Crippen LogP contribution in [-0.2, 0) is 0 Å². The van der Waals surface area contributed by atoms with Crippen molar-refractivity contribution >= 4 is 44.0 Å². The van der Waals surface area contributed by atoms with E-state index in [9.17, 15) is 0 Å². The summed E-state index contributed by atoms with van der Waals surface area (Å²) in [5.74, 6) is 0. The number of hydrogen-bond acceptors (Lipinski definition) is 2. The van der Waals surface area contributed by atoms with Crippen molar-refractivity contribution in [2.24, 2.45) is 0 Å². The van der Waals surface area contributed by atoms with E-state index in [2.05, 4.69) is 52.9 Å². The first-order valence-corrected chi connectivity index (χ1v) is 5.66. The van der Waals surface area contributed by atoms with Crippen LogP contribution in [0.1, 0.15) is 11.4 Å². The normalized spacial score (nSPS) is 10.9. The van der Waals surface area contributed by atoms with Gasteiger partial charge in [0.1, 0.15) is 0 Å². The smallest absolute Gasteiger partial charge is 0.0566 e. The number of hydrogen-bond donors (Lipinski definition) is 0. The van der Waals surface area contributed by atoms with Crippen LogP contribution in [0.25, 0.3) is 10.1 Å². The van der Waals surface area contributed by atoms with Crippen LogP contribution in [0.3, 0.4) is 0 Å². The molecule has 0 atom stereocenters. The minimum atomic E-state index is 1.14. The summed E-state index contributed by atoms with van der Waals surface area (Å²) >= 11 is 4.13. The van der Waals surface area contributed by atoms with E-state index in [1.165, 1.54) is 13.7 Å². The van der Waals surface area contributed by atoms with Crippen LogP contribution in [0.2, 0.25) is 0 Å². The van der Waals surface area contributed by atoms with Crippen LogP contribution in [0.15, 0.2) is 11.4 Å². The topological polar surface area (TPSA) is 12.9 Å². The van der Waals surface area contributed by atoms with Gasteiger partial charge in [0.25, 0.3) is 0 Å². The van der Waals surface area contributed by atoms with Crippen molar-refractivity contribution < 1.29 is 0 Å². The Balaban J connectivity index is 2.97. The Hall–Kier alpha value is -0.160. The van der Waals surface area contributed by atoms with Gasteiger partial charge in [-0.15, -0.1) is 11.3 Å². The third-order valence-electron chi connectivity index (χ3n) is 1.88. The Morgan fingerprint density at radius 1 is 1.33 bits per heavy atom. The van der Waals surface area contributed by atoms with Gasteiger partial charge in [0.05, 0.1) is 16.1 Å². The van der Waals surface area contributed by atoms with Gasteiger partial charge in [0.2, 0.25) is 0 Å². The maximum Gasteiger partial charge on any atom is 0.0566 e. The third kappa shape index (κ3) is 1.15. The fourth-order valence-electron chi connectivity index (χ4n) is 1.31. The molecule has 2 aromatic heterocycles. The molecule has 0 aromatic carbocycles. The fraction of sp³-hybridized carbons (Fsp3) is 0.222. The Labute approximate surface area is 89.0 Å². The first-order chi connectivity index (χ1) is 5.70. The second kappa shape index (κ2) is 2.96. The highest BCUT2D eigenvalue weighted by Crippen LogP contribution is 2.28. The van der Waals surface area contributed by atoms with Crippen molar-refractivity contribution in [3.05, 3.63) is 26.4 Å². The standard InChI is InChI=1S/C9H8INS/c1-5-8(10)7-3-4-12-9(7)6(2)11-5/h3-4H,1-2H3. The molecule has 2 heterocycles. The second-order valence-corrected chi connectivity index (χ2v) is 4.75. The number of aromatic nitrogens is 1. The molecule has 12 heavy (non-hydrogen) atoms. The highest BCUT2D eigenvalue weighted by molar-refractivity contribution is 14.1. The predicted molar refractivity (Wildman–Crippen MR) is 61.8 cm³/mol. The Bertz CT molecular complexity index is 433. The lowest BCUT2D eigenvalue weighted by Gasteiger charge is -2.01. The van der Waals surface area contributed by atoms with Gasteiger partial charge in [-0.2, -0.15) is 0 Å². The molecule has 0 aliphatic heterocycles. The van der Waals surface area contributed by atoms with Crippen molar-refractivity contribution in [3.63, 3.8) is 0 Å². The molecule has 0 spiro atoms. The number of pyridine rings is 1. The lowest BCUT2D eigenvalue weighted by Crippen LogP contribution is -1.89. The Morgan fingerprint density at radius 2 is 2.08 bits per heavy atom. The van der Waals surface area contributed by atoms with E-state index in [0.29, 0.717) is 0 Å². The van der Waals surface area contributed by atoms with E-state index in [1.54, 1.807) is 11.3 Å². The molecule has 3 heteroatoms. The molecule has 0 radical (unpaired) electrons. The highest BCUT2D eigenvalue weighted by Gasteiger charge is 2.06. The molecule has 0 aliphatic rings. The van der Waals surface area contributed by atoms with Crippen LogP contribution in [0, 0.1) is 17.4 Å². The summed E-state index contributed by atoms with van der Waals surface area (Å²) in [4.78, 5) is 4.48. The molecule has 62 valence electrons. The van der Waals surface area contributed by atoms with Crippen LogP contribution in [-0.4, -0.2) is 4.98 Å². The molecule has 0 bridgehead atoms. The summed E-state index contributed by atoms with van der Waals surface area (Å²) in [5.41, 5.74) is 2.29.